The third-order valence-corrected chi connectivity index (χ3v) is 16.3. The molecule has 3 heterocycles. The molecule has 5 aromatic rings. The molecule has 1 saturated carbocycles. The molecule has 0 radical (unpaired) electrons. The Hall–Kier alpha value is -5.34. The fourth-order valence-corrected chi connectivity index (χ4v) is 10.7. The monoisotopic (exact) mass is 1010 g/mol. The van der Waals surface area contributed by atoms with Gasteiger partial charge in [-0.05, 0) is 87.8 Å². The van der Waals surface area contributed by atoms with E-state index in [-0.39, 0.29) is 48.7 Å². The van der Waals surface area contributed by atoms with Crippen molar-refractivity contribution in [2.75, 3.05) is 10.5 Å². The lowest BCUT2D eigenvalue weighted by atomic mass is 9.93. The highest BCUT2D eigenvalue weighted by molar-refractivity contribution is 7.94. The number of hydrogen-bond donors (Lipinski definition) is 2. The molecule has 2 aliphatic rings. The molecule has 0 spiro atoms. The van der Waals surface area contributed by atoms with Crippen molar-refractivity contribution >= 4 is 54.1 Å². The zero-order valence-electron chi connectivity index (χ0n) is 36.0. The van der Waals surface area contributed by atoms with E-state index in [1.165, 1.54) is 52.0 Å². The molecule has 24 heteroatoms. The van der Waals surface area contributed by atoms with Crippen LogP contribution in [0.2, 0.25) is 5.02 Å². The molecule has 2 N–H and O–H groups in total. The second kappa shape index (κ2) is 17.6. The zero-order chi connectivity index (χ0) is 49.3. The second-order valence-corrected chi connectivity index (χ2v) is 22.1. The summed E-state index contributed by atoms with van der Waals surface area (Å²) >= 11 is 6.59. The first-order chi connectivity index (χ1) is 31.1. The van der Waals surface area contributed by atoms with Crippen LogP contribution in [-0.2, 0) is 56.3 Å². The van der Waals surface area contributed by atoms with Crippen molar-refractivity contribution in [1.29, 1.82) is 0 Å². The van der Waals surface area contributed by atoms with Gasteiger partial charge in [0.2, 0.25) is 15.9 Å². The predicted molar refractivity (Wildman–Crippen MR) is 230 cm³/mol. The van der Waals surface area contributed by atoms with E-state index in [0.717, 1.165) is 23.7 Å². The molecule has 3 aromatic heterocycles. The lowest BCUT2D eigenvalue weighted by Gasteiger charge is -2.24. The normalized spacial score (nSPS) is 17.9. The summed E-state index contributed by atoms with van der Waals surface area (Å²) in [6.07, 6.45) is -8.00. The van der Waals surface area contributed by atoms with Gasteiger partial charge >= 0.3 is 6.18 Å². The van der Waals surface area contributed by atoms with Gasteiger partial charge in [0.15, 0.2) is 21.3 Å². The number of amides is 1. The first-order valence-electron chi connectivity index (χ1n) is 20.6. The summed E-state index contributed by atoms with van der Waals surface area (Å²) < 4.78 is 186. The van der Waals surface area contributed by atoms with Crippen LogP contribution in [0.15, 0.2) is 42.5 Å². The van der Waals surface area contributed by atoms with Gasteiger partial charge in [-0.15, -0.1) is 0 Å². The molecule has 0 aliphatic heterocycles. The number of aromatic nitrogens is 5. The van der Waals surface area contributed by atoms with Crippen molar-refractivity contribution < 1.29 is 61.1 Å². The maximum Gasteiger partial charge on any atom is 0.435 e. The van der Waals surface area contributed by atoms with Crippen LogP contribution in [0.3, 0.4) is 0 Å². The van der Waals surface area contributed by atoms with Gasteiger partial charge in [-0.1, -0.05) is 37.4 Å². The Kier molecular flexibility index (Phi) is 13.0. The standard InChI is InChI=1S/C43H41ClF9N7O5S2/c1-6-66(62,63)58-40-35-30(44)12-11-29(37(35)59(57-40)19-32(47)48)28-10-7-26(13-14-41(4,5)67(64,65)27-8-9-27)54-36(28)31(17-23-15-24(45)18-25(46)16-23)55-33(61)20-60-39-34(38(56-60)43(51,52)53)21(2)22(3)42(39,49)50/h7,10-12,15-16,18,21-22,27,31-32H,6,8-9,17,19-20H2,1-5H3,(H,55,61)(H,57,58)/t21-,22+,31-/m0/s1. The number of pyridine rings is 1. The van der Waals surface area contributed by atoms with Gasteiger partial charge in [0.05, 0.1) is 38.7 Å². The molecule has 1 amide bonds. The number of benzene rings is 2. The molecule has 3 atom stereocenters. The summed E-state index contributed by atoms with van der Waals surface area (Å²) in [5.74, 6) is -5.69. The smallest absolute Gasteiger partial charge is 0.346 e. The summed E-state index contributed by atoms with van der Waals surface area (Å²) in [4.78, 5) is 18.8. The SMILES string of the molecule is CCS(=O)(=O)Nc1nn(CC(F)F)c2c(-c3ccc(C#CC(C)(C)S(=O)(=O)C4CC4)nc3[C@H](Cc3cc(F)cc(F)c3)NC(=O)Cn3nc(C(F)(F)F)c4c3C(F)(F)[C@H](C)[C@@H]4C)ccc(Cl)c12. The number of hydrogen-bond acceptors (Lipinski definition) is 8. The largest absolute Gasteiger partial charge is 0.435 e. The van der Waals surface area contributed by atoms with Crippen LogP contribution in [0.5, 0.6) is 0 Å². The summed E-state index contributed by atoms with van der Waals surface area (Å²) in [6, 6.07) is 5.92. The molecule has 12 nitrogen and oxygen atoms in total. The van der Waals surface area contributed by atoms with Gasteiger partial charge < -0.3 is 5.32 Å². The number of rotatable bonds is 14. The van der Waals surface area contributed by atoms with Crippen molar-refractivity contribution in [3.8, 4) is 23.0 Å². The van der Waals surface area contributed by atoms with E-state index in [0.29, 0.717) is 18.9 Å². The van der Waals surface area contributed by atoms with Crippen molar-refractivity contribution in [3.05, 3.63) is 93.0 Å². The van der Waals surface area contributed by atoms with Gasteiger partial charge in [0.25, 0.3) is 12.3 Å². The number of anilines is 1. The fraction of sp³-hybridized carbons (Fsp3) is 0.442. The number of alkyl halides is 7. The molecule has 2 aromatic carbocycles. The second-order valence-electron chi connectivity index (χ2n) is 16.9. The molecule has 360 valence electrons. The molecular weight excluding hydrogens is 965 g/mol. The number of nitrogens with zero attached hydrogens (tertiary/aromatic N) is 5. The molecule has 0 saturated heterocycles. The van der Waals surface area contributed by atoms with E-state index >= 15 is 8.78 Å². The van der Waals surface area contributed by atoms with E-state index < -0.39 is 132 Å². The van der Waals surface area contributed by atoms with Crippen molar-refractivity contribution in [3.63, 3.8) is 0 Å². The Bertz CT molecular complexity index is 3070. The Morgan fingerprint density at radius 1 is 0.970 bits per heavy atom. The maximum absolute atomic E-state index is 15.7. The van der Waals surface area contributed by atoms with E-state index in [1.807, 2.05) is 0 Å². The number of carbonyl (C=O) groups excluding carboxylic acids is 1. The van der Waals surface area contributed by atoms with Crippen LogP contribution in [0.1, 0.15) is 93.3 Å². The van der Waals surface area contributed by atoms with Gasteiger partial charge in [-0.2, -0.15) is 32.1 Å². The highest BCUT2D eigenvalue weighted by Crippen LogP contribution is 2.55. The van der Waals surface area contributed by atoms with Gasteiger partial charge in [0.1, 0.15) is 40.9 Å². The molecule has 0 bridgehead atoms. The van der Waals surface area contributed by atoms with Crippen LogP contribution in [0.25, 0.3) is 22.0 Å². The molecule has 7 rings (SSSR count). The van der Waals surface area contributed by atoms with Crippen LogP contribution < -0.4 is 10.0 Å². The first-order valence-corrected chi connectivity index (χ1v) is 24.2. The van der Waals surface area contributed by atoms with E-state index in [4.69, 9.17) is 11.6 Å². The van der Waals surface area contributed by atoms with Crippen molar-refractivity contribution in [1.82, 2.24) is 29.9 Å². The highest BCUT2D eigenvalue weighted by Gasteiger charge is 2.57. The number of nitrogens with one attached hydrogen (secondary N) is 2. The summed E-state index contributed by atoms with van der Waals surface area (Å²) in [6.45, 7) is 3.93. The number of fused-ring (bicyclic) bond motifs is 2. The van der Waals surface area contributed by atoms with Crippen LogP contribution in [0.4, 0.5) is 45.3 Å². The highest BCUT2D eigenvalue weighted by atomic mass is 35.5. The average molecular weight is 1010 g/mol. The summed E-state index contributed by atoms with van der Waals surface area (Å²) in [5, 5.41) is 9.11. The topological polar surface area (TPSA) is 158 Å². The van der Waals surface area contributed by atoms with E-state index in [2.05, 4.69) is 37.1 Å². The third-order valence-electron chi connectivity index (χ3n) is 11.8. The lowest BCUT2D eigenvalue weighted by molar-refractivity contribution is -0.143. The summed E-state index contributed by atoms with van der Waals surface area (Å²) in [7, 11) is -7.89. The lowest BCUT2D eigenvalue weighted by Crippen LogP contribution is -2.35. The van der Waals surface area contributed by atoms with Crippen molar-refractivity contribution in [2.24, 2.45) is 5.92 Å². The van der Waals surface area contributed by atoms with Gasteiger partial charge in [0, 0.05) is 28.7 Å². The Balaban J connectivity index is 1.45. The maximum atomic E-state index is 15.7. The van der Waals surface area contributed by atoms with Crippen molar-refractivity contribution in [2.45, 2.75) is 107 Å². The van der Waals surface area contributed by atoms with Gasteiger partial charge in [-0.25, -0.2) is 39.4 Å². The minimum Gasteiger partial charge on any atom is -0.346 e. The molecule has 0 unspecified atom stereocenters. The number of halogens is 10. The first kappa shape index (κ1) is 49.6. The Morgan fingerprint density at radius 3 is 2.21 bits per heavy atom. The van der Waals surface area contributed by atoms with E-state index in [1.54, 1.807) is 0 Å². The zero-order valence-corrected chi connectivity index (χ0v) is 38.4. The molecule has 67 heavy (non-hydrogen) atoms. The molecule has 1 fully saturated rings. The average Bonchev–Trinajstić information content (AvgIpc) is 3.89. The molecular formula is C43H41ClF9N7O5S2. The van der Waals surface area contributed by atoms with Crippen LogP contribution in [0, 0.1) is 29.4 Å². The molecule has 2 aliphatic carbocycles. The van der Waals surface area contributed by atoms with Gasteiger partial charge in [-0.3, -0.25) is 18.9 Å². The minimum absolute atomic E-state index is 0.0415. The van der Waals surface area contributed by atoms with Crippen LogP contribution in [-0.4, -0.2) is 69.5 Å². The quantitative estimate of drug-likeness (QED) is 0.0825. The van der Waals surface area contributed by atoms with E-state index in [9.17, 15) is 52.4 Å². The fourth-order valence-electron chi connectivity index (χ4n) is 8.09. The van der Waals surface area contributed by atoms with Crippen LogP contribution >= 0.6 is 11.6 Å². The number of sulfone groups is 1. The third kappa shape index (κ3) is 9.70. The Morgan fingerprint density at radius 2 is 1.61 bits per heavy atom. The Labute approximate surface area is 383 Å². The minimum atomic E-state index is -5.20. The predicted octanol–water partition coefficient (Wildman–Crippen LogP) is 8.92. The number of sulfonamides is 1. The summed E-state index contributed by atoms with van der Waals surface area (Å²) in [5.41, 5.74) is -4.42. The number of carbonyl (C=O) groups is 1.